The van der Waals surface area contributed by atoms with Gasteiger partial charge >= 0.3 is 0 Å². The highest BCUT2D eigenvalue weighted by molar-refractivity contribution is 9.09. The summed E-state index contributed by atoms with van der Waals surface area (Å²) in [6.45, 7) is 3.13. The highest BCUT2D eigenvalue weighted by atomic mass is 79.9. The Hall–Kier alpha value is -4.18. The maximum Gasteiger partial charge on any atom is 0.168 e. The largest absolute Gasteiger partial charge is 0.504 e. The Morgan fingerprint density at radius 2 is 1.07 bits per heavy atom. The monoisotopic (exact) mass is 684 g/mol. The van der Waals surface area contributed by atoms with Crippen molar-refractivity contribution in [1.82, 2.24) is 0 Å². The zero-order valence-corrected chi connectivity index (χ0v) is 25.4. The molecule has 8 nitrogen and oxygen atoms in total. The summed E-state index contributed by atoms with van der Waals surface area (Å²) < 4.78 is 16.4. The fraction of sp³-hybridized carbons (Fsp3) is 0.278. The minimum Gasteiger partial charge on any atom is -0.504 e. The van der Waals surface area contributed by atoms with E-state index < -0.39 is 0 Å². The van der Waals surface area contributed by atoms with Gasteiger partial charge in [-0.05, 0) is 41.8 Å². The summed E-state index contributed by atoms with van der Waals surface area (Å²) in [6, 6.07) is 29.2. The third-order valence-corrected chi connectivity index (χ3v) is 6.23. The van der Waals surface area contributed by atoms with E-state index in [4.69, 9.17) is 24.4 Å². The van der Waals surface area contributed by atoms with Gasteiger partial charge in [0.05, 0.1) is 37.6 Å². The second-order valence-electron chi connectivity index (χ2n) is 8.97. The summed E-state index contributed by atoms with van der Waals surface area (Å²) >= 11 is 3.36. The van der Waals surface area contributed by atoms with Crippen molar-refractivity contribution in [3.63, 3.8) is 0 Å². The molecule has 9 heteroatoms. The molecule has 4 aromatic rings. The van der Waals surface area contributed by atoms with Crippen LogP contribution in [0.5, 0.6) is 23.0 Å². The molecule has 0 saturated carbocycles. The zero-order valence-electron chi connectivity index (χ0n) is 23.8. The van der Waals surface area contributed by atoms with Crippen LogP contribution in [0, 0.1) is 0 Å². The number of phenolic OH excluding ortho intramolecular Hbond substituents is 3. The molecule has 0 unspecified atom stereocenters. The van der Waals surface area contributed by atoms with Crippen LogP contribution in [0.25, 0.3) is 0 Å². The molecule has 0 spiro atoms. The summed E-state index contributed by atoms with van der Waals surface area (Å²) in [5.41, 5.74) is 2.70. The number of carbonyl (C=O) groups excluding carboxylic acids is 2. The van der Waals surface area contributed by atoms with Crippen LogP contribution in [-0.4, -0.2) is 53.0 Å². The number of aldehydes is 2. The lowest BCUT2D eigenvalue weighted by atomic mass is 10.2. The number of carbonyl (C=O) groups is 2. The molecule has 0 aliphatic rings. The van der Waals surface area contributed by atoms with Crippen LogP contribution in [0.15, 0.2) is 97.1 Å². The Balaban J connectivity index is 0.000000689. The smallest absolute Gasteiger partial charge is 0.168 e. The fourth-order valence-corrected chi connectivity index (χ4v) is 3.65. The van der Waals surface area contributed by atoms with Crippen molar-refractivity contribution in [3.8, 4) is 23.0 Å². The zero-order chi connectivity index (χ0) is 31.1. The van der Waals surface area contributed by atoms with Crippen molar-refractivity contribution >= 4 is 28.5 Å². The molecule has 4 rings (SSSR count). The van der Waals surface area contributed by atoms with Gasteiger partial charge in [0.1, 0.15) is 0 Å². The number of rotatable bonds is 14. The Morgan fingerprint density at radius 3 is 1.56 bits per heavy atom. The molecule has 4 aromatic carbocycles. The molecular formula is C36H45BrO8. The standard InChI is InChI=1S/C17H18O4.C10H13BrO.C7H6O3.2CH4/c18-12-15-8-4-9-16(17(15)19)21-11-5-10-20-13-14-6-2-1-3-7-14;11-7-4-8-12-9-10-5-2-1-3-6-10;8-4-5-2-1-3-6(9)7(5)10;;/h1-4,6-9,12,19H,5,10-11,13H2;1-3,5-6H,4,7-9H2;1-4,9-10H;2*1H4. The van der Waals surface area contributed by atoms with Crippen molar-refractivity contribution in [2.75, 3.05) is 25.2 Å². The summed E-state index contributed by atoms with van der Waals surface area (Å²) in [5.74, 6) is -0.428. The lowest BCUT2D eigenvalue weighted by Crippen LogP contribution is -2.03. The average molecular weight is 686 g/mol. The van der Waals surface area contributed by atoms with E-state index in [-0.39, 0.29) is 43.2 Å². The quantitative estimate of drug-likeness (QED) is 0.0524. The van der Waals surface area contributed by atoms with Gasteiger partial charge in [0, 0.05) is 18.4 Å². The average Bonchev–Trinajstić information content (AvgIpc) is 3.05. The van der Waals surface area contributed by atoms with Crippen molar-refractivity contribution in [3.05, 3.63) is 119 Å². The van der Waals surface area contributed by atoms with E-state index in [2.05, 4.69) is 28.1 Å². The van der Waals surface area contributed by atoms with Crippen LogP contribution in [0.4, 0.5) is 0 Å². The topological polar surface area (TPSA) is 123 Å². The molecule has 0 fully saturated rings. The number of phenols is 3. The van der Waals surface area contributed by atoms with Crippen LogP contribution in [0.1, 0.15) is 59.5 Å². The van der Waals surface area contributed by atoms with Gasteiger partial charge in [-0.2, -0.15) is 0 Å². The van der Waals surface area contributed by atoms with Crippen molar-refractivity contribution < 1.29 is 39.1 Å². The molecule has 0 bridgehead atoms. The lowest BCUT2D eigenvalue weighted by Gasteiger charge is -2.09. The minimum atomic E-state index is -0.363. The number of halogens is 1. The van der Waals surface area contributed by atoms with E-state index in [1.165, 1.54) is 29.8 Å². The van der Waals surface area contributed by atoms with Crippen LogP contribution in [-0.2, 0) is 22.7 Å². The van der Waals surface area contributed by atoms with Gasteiger partial charge in [0.2, 0.25) is 0 Å². The first-order chi connectivity index (χ1) is 21.0. The number of aromatic hydroxyl groups is 3. The number of hydrogen-bond donors (Lipinski definition) is 3. The lowest BCUT2D eigenvalue weighted by molar-refractivity contribution is 0.106. The van der Waals surface area contributed by atoms with E-state index in [0.29, 0.717) is 44.6 Å². The Bertz CT molecular complexity index is 1330. The van der Waals surface area contributed by atoms with E-state index in [9.17, 15) is 14.7 Å². The molecule has 0 aliphatic heterocycles. The molecule has 3 N–H and O–H groups in total. The van der Waals surface area contributed by atoms with E-state index in [0.717, 1.165) is 30.5 Å². The fourth-order valence-electron chi connectivity index (χ4n) is 3.42. The number of para-hydroxylation sites is 2. The first kappa shape index (κ1) is 40.8. The molecule has 0 amide bonds. The van der Waals surface area contributed by atoms with E-state index in [1.807, 2.05) is 48.5 Å². The SMILES string of the molecule is BrCCCOCc1ccccc1.C.C.O=Cc1cccc(O)c1O.O=Cc1cccc(OCCCOCc2ccccc2)c1O. The van der Waals surface area contributed by atoms with Gasteiger partial charge in [-0.15, -0.1) is 0 Å². The van der Waals surface area contributed by atoms with Crippen LogP contribution < -0.4 is 4.74 Å². The second kappa shape index (κ2) is 25.2. The molecular weight excluding hydrogens is 640 g/mol. The highest BCUT2D eigenvalue weighted by Crippen LogP contribution is 2.28. The number of ether oxygens (including phenoxy) is 3. The van der Waals surface area contributed by atoms with Crippen LogP contribution in [0.3, 0.4) is 0 Å². The van der Waals surface area contributed by atoms with Crippen molar-refractivity contribution in [2.45, 2.75) is 40.9 Å². The minimum absolute atomic E-state index is 0. The Morgan fingerprint density at radius 1 is 0.578 bits per heavy atom. The summed E-state index contributed by atoms with van der Waals surface area (Å²) in [6.07, 6.45) is 2.87. The summed E-state index contributed by atoms with van der Waals surface area (Å²) in [4.78, 5) is 20.8. The van der Waals surface area contributed by atoms with E-state index in [1.54, 1.807) is 12.1 Å². The molecule has 0 atom stereocenters. The third kappa shape index (κ3) is 16.5. The number of hydrogen-bond acceptors (Lipinski definition) is 8. The predicted molar refractivity (Wildman–Crippen MR) is 183 cm³/mol. The summed E-state index contributed by atoms with van der Waals surface area (Å²) in [5, 5.41) is 28.5. The van der Waals surface area contributed by atoms with E-state index >= 15 is 0 Å². The molecule has 0 aromatic heterocycles. The van der Waals surface area contributed by atoms with Gasteiger partial charge in [-0.1, -0.05) is 104 Å². The van der Waals surface area contributed by atoms with Gasteiger partial charge in [0.15, 0.2) is 35.6 Å². The van der Waals surface area contributed by atoms with Gasteiger partial charge in [-0.25, -0.2) is 0 Å². The third-order valence-electron chi connectivity index (χ3n) is 5.67. The first-order valence-corrected chi connectivity index (χ1v) is 14.8. The van der Waals surface area contributed by atoms with Crippen LogP contribution >= 0.6 is 15.9 Å². The number of benzene rings is 4. The normalized spacial score (nSPS) is 9.53. The van der Waals surface area contributed by atoms with Gasteiger partial charge in [0.25, 0.3) is 0 Å². The Kier molecular flexibility index (Phi) is 22.8. The molecule has 0 radical (unpaired) electrons. The molecule has 244 valence electrons. The first-order valence-electron chi connectivity index (χ1n) is 13.7. The second-order valence-corrected chi connectivity index (χ2v) is 9.76. The van der Waals surface area contributed by atoms with Gasteiger partial charge < -0.3 is 29.5 Å². The van der Waals surface area contributed by atoms with Crippen LogP contribution in [0.2, 0.25) is 0 Å². The molecule has 45 heavy (non-hydrogen) atoms. The van der Waals surface area contributed by atoms with Gasteiger partial charge in [-0.3, -0.25) is 9.59 Å². The highest BCUT2D eigenvalue weighted by Gasteiger charge is 2.07. The maximum atomic E-state index is 10.7. The maximum absolute atomic E-state index is 10.7. The van der Waals surface area contributed by atoms with Crippen molar-refractivity contribution in [2.24, 2.45) is 0 Å². The predicted octanol–water partition coefficient (Wildman–Crippen LogP) is 8.36. The van der Waals surface area contributed by atoms with Crippen molar-refractivity contribution in [1.29, 1.82) is 0 Å². The molecule has 0 saturated heterocycles. The summed E-state index contributed by atoms with van der Waals surface area (Å²) in [7, 11) is 0. The molecule has 0 heterocycles. The number of alkyl halides is 1. The molecule has 0 aliphatic carbocycles. The Labute approximate surface area is 275 Å².